The lowest BCUT2D eigenvalue weighted by molar-refractivity contribution is -0.116. The molecule has 0 saturated heterocycles. The molecule has 0 spiro atoms. The Bertz CT molecular complexity index is 647. The third kappa shape index (κ3) is 4.12. The van der Waals surface area contributed by atoms with Crippen LogP contribution in [-0.2, 0) is 17.8 Å². The van der Waals surface area contributed by atoms with Crippen LogP contribution in [0, 0.1) is 5.92 Å². The number of aromatic carboxylic acids is 1. The van der Waals surface area contributed by atoms with Gasteiger partial charge in [-0.15, -0.1) is 10.2 Å². The van der Waals surface area contributed by atoms with E-state index in [0.29, 0.717) is 11.0 Å². The van der Waals surface area contributed by atoms with Crippen molar-refractivity contribution in [2.24, 2.45) is 5.92 Å². The first-order valence-corrected chi connectivity index (χ1v) is 7.28. The number of anilines is 1. The van der Waals surface area contributed by atoms with E-state index in [1.54, 1.807) is 12.3 Å². The standard InChI is InChI=1S/C13H16N4O3S/c1-8(2)6-11-15-16-13(21-11)14-10(18)7-17-5-3-4-9(17)12(19)20/h3-5,8H,6-7H2,1-2H3,(H,19,20)(H,14,16,18). The van der Waals surface area contributed by atoms with Gasteiger partial charge >= 0.3 is 5.97 Å². The van der Waals surface area contributed by atoms with Gasteiger partial charge in [0.1, 0.15) is 17.2 Å². The van der Waals surface area contributed by atoms with Gasteiger partial charge in [-0.2, -0.15) is 0 Å². The molecule has 2 heterocycles. The van der Waals surface area contributed by atoms with Crippen LogP contribution < -0.4 is 5.32 Å². The Balaban J connectivity index is 1.97. The number of carboxylic acids is 1. The number of aromatic nitrogens is 3. The maximum atomic E-state index is 11.9. The van der Waals surface area contributed by atoms with Gasteiger partial charge in [-0.1, -0.05) is 25.2 Å². The molecule has 2 N–H and O–H groups in total. The van der Waals surface area contributed by atoms with E-state index in [0.717, 1.165) is 11.4 Å². The summed E-state index contributed by atoms with van der Waals surface area (Å²) in [5, 5.41) is 20.8. The normalized spacial score (nSPS) is 10.8. The van der Waals surface area contributed by atoms with Crippen molar-refractivity contribution in [1.29, 1.82) is 0 Å². The topological polar surface area (TPSA) is 97.1 Å². The summed E-state index contributed by atoms with van der Waals surface area (Å²) >= 11 is 1.33. The predicted molar refractivity (Wildman–Crippen MR) is 78.5 cm³/mol. The van der Waals surface area contributed by atoms with E-state index >= 15 is 0 Å². The molecule has 0 fully saturated rings. The zero-order chi connectivity index (χ0) is 15.4. The van der Waals surface area contributed by atoms with E-state index in [9.17, 15) is 9.59 Å². The number of rotatable bonds is 6. The summed E-state index contributed by atoms with van der Waals surface area (Å²) in [5.74, 6) is -0.927. The summed E-state index contributed by atoms with van der Waals surface area (Å²) in [7, 11) is 0. The van der Waals surface area contributed by atoms with Crippen molar-refractivity contribution in [3.8, 4) is 0 Å². The number of nitrogens with zero attached hydrogens (tertiary/aromatic N) is 3. The molecule has 2 aromatic rings. The molecule has 0 radical (unpaired) electrons. The highest BCUT2D eigenvalue weighted by molar-refractivity contribution is 7.15. The molecule has 0 aliphatic carbocycles. The zero-order valence-electron chi connectivity index (χ0n) is 11.7. The number of nitrogens with one attached hydrogen (secondary N) is 1. The van der Waals surface area contributed by atoms with Gasteiger partial charge in [0.15, 0.2) is 0 Å². The smallest absolute Gasteiger partial charge is 0.352 e. The van der Waals surface area contributed by atoms with E-state index in [2.05, 4.69) is 29.4 Å². The van der Waals surface area contributed by atoms with E-state index < -0.39 is 5.97 Å². The molecule has 8 heteroatoms. The molecule has 112 valence electrons. The quantitative estimate of drug-likeness (QED) is 0.849. The van der Waals surface area contributed by atoms with Crippen LogP contribution in [-0.4, -0.2) is 31.7 Å². The minimum atomic E-state index is -1.07. The summed E-state index contributed by atoms with van der Waals surface area (Å²) < 4.78 is 1.37. The van der Waals surface area contributed by atoms with Gasteiger partial charge in [-0.05, 0) is 18.1 Å². The first-order chi connectivity index (χ1) is 9.95. The highest BCUT2D eigenvalue weighted by Crippen LogP contribution is 2.18. The van der Waals surface area contributed by atoms with E-state index in [-0.39, 0.29) is 18.1 Å². The lowest BCUT2D eigenvalue weighted by Gasteiger charge is -2.05. The Morgan fingerprint density at radius 1 is 1.43 bits per heavy atom. The molecule has 0 bridgehead atoms. The molecule has 0 aromatic carbocycles. The third-order valence-corrected chi connectivity index (χ3v) is 3.52. The minimum Gasteiger partial charge on any atom is -0.477 e. The van der Waals surface area contributed by atoms with Crippen LogP contribution in [0.3, 0.4) is 0 Å². The highest BCUT2D eigenvalue weighted by atomic mass is 32.1. The number of carboxylic acid groups (broad SMARTS) is 1. The van der Waals surface area contributed by atoms with Crippen molar-refractivity contribution in [2.75, 3.05) is 5.32 Å². The fourth-order valence-electron chi connectivity index (χ4n) is 1.80. The van der Waals surface area contributed by atoms with Crippen LogP contribution >= 0.6 is 11.3 Å². The fourth-order valence-corrected chi connectivity index (χ4v) is 2.76. The monoisotopic (exact) mass is 308 g/mol. The SMILES string of the molecule is CC(C)Cc1nnc(NC(=O)Cn2cccc2C(=O)O)s1. The zero-order valence-corrected chi connectivity index (χ0v) is 12.6. The van der Waals surface area contributed by atoms with Crippen molar-refractivity contribution in [2.45, 2.75) is 26.8 Å². The summed E-state index contributed by atoms with van der Waals surface area (Å²) in [6, 6.07) is 3.03. The number of amides is 1. The van der Waals surface area contributed by atoms with Crippen molar-refractivity contribution < 1.29 is 14.7 Å². The van der Waals surface area contributed by atoms with E-state index in [1.807, 2.05) is 0 Å². The maximum Gasteiger partial charge on any atom is 0.352 e. The molecule has 0 aliphatic rings. The molecule has 2 aromatic heterocycles. The molecule has 21 heavy (non-hydrogen) atoms. The Labute approximate surface area is 125 Å². The first-order valence-electron chi connectivity index (χ1n) is 6.46. The summed E-state index contributed by atoms with van der Waals surface area (Å²) in [6.45, 7) is 4.09. The third-order valence-electron chi connectivity index (χ3n) is 2.66. The van der Waals surface area contributed by atoms with Gasteiger partial charge in [0, 0.05) is 12.6 Å². The maximum absolute atomic E-state index is 11.9. The fraction of sp³-hybridized carbons (Fsp3) is 0.385. The van der Waals surface area contributed by atoms with Crippen LogP contribution in [0.4, 0.5) is 5.13 Å². The number of hydrogen-bond donors (Lipinski definition) is 2. The van der Waals surface area contributed by atoms with Gasteiger partial charge in [0.2, 0.25) is 11.0 Å². The van der Waals surface area contributed by atoms with E-state index in [1.165, 1.54) is 22.0 Å². The Hall–Kier alpha value is -2.22. The molecule has 0 unspecified atom stereocenters. The van der Waals surface area contributed by atoms with Gasteiger partial charge in [-0.25, -0.2) is 4.79 Å². The van der Waals surface area contributed by atoms with Gasteiger partial charge in [-0.3, -0.25) is 10.1 Å². The second-order valence-corrected chi connectivity index (χ2v) is 6.04. The molecular formula is C13H16N4O3S. The van der Waals surface area contributed by atoms with Crippen molar-refractivity contribution in [3.63, 3.8) is 0 Å². The Kier molecular flexibility index (Phi) is 4.69. The van der Waals surface area contributed by atoms with Gasteiger partial charge in [0.05, 0.1) is 0 Å². The number of hydrogen-bond acceptors (Lipinski definition) is 5. The molecule has 0 aliphatic heterocycles. The average Bonchev–Trinajstić information content (AvgIpc) is 2.98. The predicted octanol–water partition coefficient (Wildman–Crippen LogP) is 1.88. The Morgan fingerprint density at radius 3 is 2.86 bits per heavy atom. The molecule has 1 amide bonds. The lowest BCUT2D eigenvalue weighted by Crippen LogP contribution is -2.20. The molecular weight excluding hydrogens is 292 g/mol. The molecule has 2 rings (SSSR count). The van der Waals surface area contributed by atoms with E-state index in [4.69, 9.17) is 5.11 Å². The molecule has 0 atom stereocenters. The van der Waals surface area contributed by atoms with Crippen LogP contribution in [0.5, 0.6) is 0 Å². The first kappa shape index (κ1) is 15.2. The molecule has 7 nitrogen and oxygen atoms in total. The average molecular weight is 308 g/mol. The van der Waals surface area contributed by atoms with Crippen molar-refractivity contribution in [1.82, 2.24) is 14.8 Å². The lowest BCUT2D eigenvalue weighted by atomic mass is 10.1. The summed E-state index contributed by atoms with van der Waals surface area (Å²) in [4.78, 5) is 22.9. The van der Waals surface area contributed by atoms with Crippen molar-refractivity contribution in [3.05, 3.63) is 29.0 Å². The minimum absolute atomic E-state index is 0.0721. The Morgan fingerprint density at radius 2 is 2.19 bits per heavy atom. The second-order valence-electron chi connectivity index (χ2n) is 4.97. The summed E-state index contributed by atoms with van der Waals surface area (Å²) in [5.41, 5.74) is 0.0721. The van der Waals surface area contributed by atoms with Gasteiger partial charge in [0.25, 0.3) is 0 Å². The van der Waals surface area contributed by atoms with Crippen molar-refractivity contribution >= 4 is 28.3 Å². The summed E-state index contributed by atoms with van der Waals surface area (Å²) in [6.07, 6.45) is 2.36. The second kappa shape index (κ2) is 6.49. The number of carbonyl (C=O) groups is 2. The molecule has 0 saturated carbocycles. The van der Waals surface area contributed by atoms with Crippen LogP contribution in [0.25, 0.3) is 0 Å². The van der Waals surface area contributed by atoms with Crippen LogP contribution in [0.2, 0.25) is 0 Å². The number of carbonyl (C=O) groups excluding carboxylic acids is 1. The van der Waals surface area contributed by atoms with Crippen LogP contribution in [0.15, 0.2) is 18.3 Å². The van der Waals surface area contributed by atoms with Gasteiger partial charge < -0.3 is 9.67 Å². The largest absolute Gasteiger partial charge is 0.477 e. The highest BCUT2D eigenvalue weighted by Gasteiger charge is 2.13. The van der Waals surface area contributed by atoms with Crippen LogP contribution in [0.1, 0.15) is 29.3 Å².